The highest BCUT2D eigenvalue weighted by Crippen LogP contribution is 2.25. The standard InChI is InChI=1S/C12H26O2SSi/c1-11-5-7-15-9-12(11)14-10-13-6-8-16(2,3)4/h11-12H,5-10H2,1-4H3/t11-,12+/m1/s1. The Kier molecular flexibility index (Phi) is 6.40. The maximum atomic E-state index is 5.78. The van der Waals surface area contributed by atoms with E-state index in [1.165, 1.54) is 18.2 Å². The molecule has 1 fully saturated rings. The largest absolute Gasteiger partial charge is 0.356 e. The Balaban J connectivity index is 2.02. The molecule has 0 aromatic heterocycles. The van der Waals surface area contributed by atoms with Gasteiger partial charge in [0.2, 0.25) is 0 Å². The molecule has 96 valence electrons. The highest BCUT2D eigenvalue weighted by Gasteiger charge is 2.22. The average molecular weight is 262 g/mol. The van der Waals surface area contributed by atoms with E-state index in [-0.39, 0.29) is 0 Å². The van der Waals surface area contributed by atoms with Gasteiger partial charge in [-0.2, -0.15) is 11.8 Å². The molecule has 4 heteroatoms. The lowest BCUT2D eigenvalue weighted by Crippen LogP contribution is -2.30. The molecule has 1 saturated heterocycles. The normalized spacial score (nSPS) is 27.0. The van der Waals surface area contributed by atoms with Crippen molar-refractivity contribution >= 4 is 19.8 Å². The van der Waals surface area contributed by atoms with Gasteiger partial charge in [-0.25, -0.2) is 0 Å². The summed E-state index contributed by atoms with van der Waals surface area (Å²) in [4.78, 5) is 0. The van der Waals surface area contributed by atoms with Gasteiger partial charge >= 0.3 is 0 Å². The van der Waals surface area contributed by atoms with Crippen LogP contribution in [0.1, 0.15) is 13.3 Å². The zero-order valence-corrected chi connectivity index (χ0v) is 12.9. The smallest absolute Gasteiger partial charge is 0.147 e. The molecule has 0 radical (unpaired) electrons. The van der Waals surface area contributed by atoms with E-state index < -0.39 is 8.07 Å². The van der Waals surface area contributed by atoms with Gasteiger partial charge in [-0.05, 0) is 24.1 Å². The van der Waals surface area contributed by atoms with Crippen molar-refractivity contribution in [2.75, 3.05) is 24.9 Å². The van der Waals surface area contributed by atoms with Crippen LogP contribution in [0.15, 0.2) is 0 Å². The molecule has 2 nitrogen and oxygen atoms in total. The van der Waals surface area contributed by atoms with Crippen molar-refractivity contribution in [2.24, 2.45) is 5.92 Å². The Hall–Kier alpha value is 0.487. The summed E-state index contributed by atoms with van der Waals surface area (Å²) in [5, 5.41) is 0. The summed E-state index contributed by atoms with van der Waals surface area (Å²) in [5.41, 5.74) is 0. The SMILES string of the molecule is C[C@@H]1CCSC[C@@H]1OCOCC[Si](C)(C)C. The fraction of sp³-hybridized carbons (Fsp3) is 1.00. The third kappa shape index (κ3) is 6.28. The zero-order valence-electron chi connectivity index (χ0n) is 11.1. The topological polar surface area (TPSA) is 18.5 Å². The van der Waals surface area contributed by atoms with Crippen LogP contribution in [0.5, 0.6) is 0 Å². The van der Waals surface area contributed by atoms with E-state index in [1.807, 2.05) is 11.8 Å². The third-order valence-electron chi connectivity index (χ3n) is 3.00. The molecule has 0 aromatic rings. The molecule has 0 N–H and O–H groups in total. The highest BCUT2D eigenvalue weighted by molar-refractivity contribution is 7.99. The van der Waals surface area contributed by atoms with Crippen LogP contribution in [0, 0.1) is 5.92 Å². The average Bonchev–Trinajstić information content (AvgIpc) is 2.18. The van der Waals surface area contributed by atoms with Gasteiger partial charge in [-0.3, -0.25) is 0 Å². The molecule has 0 aromatic carbocycles. The van der Waals surface area contributed by atoms with E-state index in [1.54, 1.807) is 0 Å². The molecule has 0 amide bonds. The molecule has 0 saturated carbocycles. The van der Waals surface area contributed by atoms with Crippen LogP contribution in [0.3, 0.4) is 0 Å². The van der Waals surface area contributed by atoms with Gasteiger partial charge in [0.05, 0.1) is 6.10 Å². The second-order valence-corrected chi connectivity index (χ2v) is 12.7. The Bertz CT molecular complexity index is 194. The molecule has 0 bridgehead atoms. The van der Waals surface area contributed by atoms with Crippen LogP contribution in [-0.2, 0) is 9.47 Å². The third-order valence-corrected chi connectivity index (χ3v) is 5.79. The number of hydrogen-bond donors (Lipinski definition) is 0. The van der Waals surface area contributed by atoms with Crippen molar-refractivity contribution in [1.29, 1.82) is 0 Å². The molecule has 0 aliphatic carbocycles. The second-order valence-electron chi connectivity index (χ2n) is 5.88. The predicted octanol–water partition coefficient (Wildman–Crippen LogP) is 3.46. The first kappa shape index (κ1) is 14.5. The van der Waals surface area contributed by atoms with E-state index in [9.17, 15) is 0 Å². The van der Waals surface area contributed by atoms with Crippen molar-refractivity contribution < 1.29 is 9.47 Å². The van der Waals surface area contributed by atoms with Crippen molar-refractivity contribution in [3.8, 4) is 0 Å². The summed E-state index contributed by atoms with van der Waals surface area (Å²) in [6.45, 7) is 10.8. The van der Waals surface area contributed by atoms with E-state index in [2.05, 4.69) is 26.6 Å². The van der Waals surface area contributed by atoms with Gasteiger partial charge in [0, 0.05) is 20.4 Å². The van der Waals surface area contributed by atoms with Gasteiger partial charge in [-0.1, -0.05) is 26.6 Å². The van der Waals surface area contributed by atoms with Crippen LogP contribution < -0.4 is 0 Å². The Morgan fingerprint density at radius 2 is 2.06 bits per heavy atom. The maximum absolute atomic E-state index is 5.78. The predicted molar refractivity (Wildman–Crippen MR) is 75.0 cm³/mol. The molecule has 1 aliphatic rings. The lowest BCUT2D eigenvalue weighted by molar-refractivity contribution is -0.0945. The summed E-state index contributed by atoms with van der Waals surface area (Å²) >= 11 is 2.00. The van der Waals surface area contributed by atoms with E-state index in [0.717, 1.165) is 12.4 Å². The molecule has 0 unspecified atom stereocenters. The Morgan fingerprint density at radius 1 is 1.31 bits per heavy atom. The Morgan fingerprint density at radius 3 is 2.69 bits per heavy atom. The van der Waals surface area contributed by atoms with Crippen LogP contribution in [-0.4, -0.2) is 39.1 Å². The van der Waals surface area contributed by atoms with Gasteiger partial charge in [0.1, 0.15) is 6.79 Å². The molecular weight excluding hydrogens is 236 g/mol. The van der Waals surface area contributed by atoms with Crippen LogP contribution in [0.2, 0.25) is 25.7 Å². The monoisotopic (exact) mass is 262 g/mol. The van der Waals surface area contributed by atoms with Crippen LogP contribution >= 0.6 is 11.8 Å². The molecule has 1 rings (SSSR count). The summed E-state index contributed by atoms with van der Waals surface area (Å²) in [6.07, 6.45) is 1.69. The maximum Gasteiger partial charge on any atom is 0.147 e. The van der Waals surface area contributed by atoms with E-state index >= 15 is 0 Å². The summed E-state index contributed by atoms with van der Waals surface area (Å²) < 4.78 is 11.3. The summed E-state index contributed by atoms with van der Waals surface area (Å²) in [6, 6.07) is 1.23. The number of rotatable bonds is 6. The van der Waals surface area contributed by atoms with Gasteiger partial charge < -0.3 is 9.47 Å². The minimum atomic E-state index is -0.945. The van der Waals surface area contributed by atoms with Gasteiger partial charge in [0.25, 0.3) is 0 Å². The molecule has 0 spiro atoms. The minimum absolute atomic E-state index is 0.408. The first-order valence-electron chi connectivity index (χ1n) is 6.26. The van der Waals surface area contributed by atoms with Crippen LogP contribution in [0.25, 0.3) is 0 Å². The van der Waals surface area contributed by atoms with Crippen molar-refractivity contribution in [2.45, 2.75) is 45.1 Å². The molecule has 1 aliphatic heterocycles. The first-order chi connectivity index (χ1) is 7.49. The van der Waals surface area contributed by atoms with E-state index in [0.29, 0.717) is 18.8 Å². The number of hydrogen-bond acceptors (Lipinski definition) is 3. The van der Waals surface area contributed by atoms with Crippen molar-refractivity contribution in [3.63, 3.8) is 0 Å². The van der Waals surface area contributed by atoms with Gasteiger partial charge in [-0.15, -0.1) is 0 Å². The quantitative estimate of drug-likeness (QED) is 0.415. The molecule has 16 heavy (non-hydrogen) atoms. The lowest BCUT2D eigenvalue weighted by Gasteiger charge is -2.28. The second kappa shape index (κ2) is 7.04. The van der Waals surface area contributed by atoms with Gasteiger partial charge in [0.15, 0.2) is 0 Å². The first-order valence-corrected chi connectivity index (χ1v) is 11.1. The summed E-state index contributed by atoms with van der Waals surface area (Å²) in [7, 11) is -0.945. The van der Waals surface area contributed by atoms with E-state index in [4.69, 9.17) is 9.47 Å². The lowest BCUT2D eigenvalue weighted by atomic mass is 10.0. The zero-order chi connectivity index (χ0) is 12.0. The Labute approximate surface area is 105 Å². The fourth-order valence-corrected chi connectivity index (χ4v) is 3.72. The molecule has 2 atom stereocenters. The van der Waals surface area contributed by atoms with Crippen molar-refractivity contribution in [1.82, 2.24) is 0 Å². The molecule has 1 heterocycles. The molecular formula is C12H26O2SSi. The number of ether oxygens (including phenoxy) is 2. The highest BCUT2D eigenvalue weighted by atomic mass is 32.2. The van der Waals surface area contributed by atoms with Crippen LogP contribution in [0.4, 0.5) is 0 Å². The minimum Gasteiger partial charge on any atom is -0.356 e. The number of thioether (sulfide) groups is 1. The fourth-order valence-electron chi connectivity index (χ4n) is 1.60. The summed E-state index contributed by atoms with van der Waals surface area (Å²) in [5.74, 6) is 3.12. The van der Waals surface area contributed by atoms with Crippen molar-refractivity contribution in [3.05, 3.63) is 0 Å².